The lowest BCUT2D eigenvalue weighted by atomic mass is 9.95. The SMILES string of the molecule is CCCCc1nc(C)c(Cc2nc(C3(c4ccc(F)cc4)CC3)no2)c(=O)n1Cc1ccc(-c2ccccc2-c2noc(=O)[nH]2)cc1. The summed E-state index contributed by atoms with van der Waals surface area (Å²) in [7, 11) is 0. The third-order valence-electron chi connectivity index (χ3n) is 8.90. The first kappa shape index (κ1) is 30.2. The van der Waals surface area contributed by atoms with Gasteiger partial charge in [-0.15, -0.1) is 0 Å². The van der Waals surface area contributed by atoms with Gasteiger partial charge in [-0.2, -0.15) is 4.98 Å². The molecule has 0 spiro atoms. The minimum Gasteiger partial charge on any atom is -0.339 e. The Kier molecular flexibility index (Phi) is 7.97. The molecule has 0 atom stereocenters. The number of halogens is 1. The first-order chi connectivity index (χ1) is 22.8. The highest BCUT2D eigenvalue weighted by molar-refractivity contribution is 5.80. The van der Waals surface area contributed by atoms with Gasteiger partial charge in [-0.1, -0.05) is 84.3 Å². The van der Waals surface area contributed by atoms with Gasteiger partial charge in [0, 0.05) is 23.2 Å². The van der Waals surface area contributed by atoms with E-state index in [0.717, 1.165) is 59.3 Å². The van der Waals surface area contributed by atoms with Gasteiger partial charge in [0.25, 0.3) is 5.56 Å². The van der Waals surface area contributed by atoms with Crippen LogP contribution in [0, 0.1) is 12.7 Å². The van der Waals surface area contributed by atoms with Crippen molar-refractivity contribution in [2.45, 2.75) is 64.3 Å². The molecule has 7 rings (SSSR count). The maximum absolute atomic E-state index is 14.1. The first-order valence-electron chi connectivity index (χ1n) is 15.8. The number of rotatable bonds is 11. The molecule has 11 heteroatoms. The zero-order valence-corrected chi connectivity index (χ0v) is 26.1. The topological polar surface area (TPSA) is 133 Å². The average Bonchev–Trinajstić information content (AvgIpc) is 3.54. The van der Waals surface area contributed by atoms with Crippen LogP contribution < -0.4 is 11.3 Å². The molecule has 1 fully saturated rings. The zero-order valence-electron chi connectivity index (χ0n) is 26.1. The summed E-state index contributed by atoms with van der Waals surface area (Å²) in [4.78, 5) is 37.9. The Labute approximate surface area is 269 Å². The molecule has 6 aromatic rings. The van der Waals surface area contributed by atoms with E-state index < -0.39 is 5.76 Å². The highest BCUT2D eigenvalue weighted by Gasteiger charge is 2.50. The van der Waals surface area contributed by atoms with Gasteiger partial charge in [0.2, 0.25) is 5.89 Å². The minimum atomic E-state index is -0.614. The second-order valence-electron chi connectivity index (χ2n) is 12.1. The van der Waals surface area contributed by atoms with Gasteiger partial charge in [0.1, 0.15) is 11.6 Å². The number of H-pyrrole nitrogens is 1. The van der Waals surface area contributed by atoms with Gasteiger partial charge in [-0.25, -0.2) is 14.2 Å². The number of hydrogen-bond acceptors (Lipinski definition) is 8. The fourth-order valence-corrected chi connectivity index (χ4v) is 6.12. The maximum atomic E-state index is 14.1. The van der Waals surface area contributed by atoms with Crippen molar-refractivity contribution >= 4 is 0 Å². The molecule has 0 radical (unpaired) electrons. The molecule has 3 heterocycles. The van der Waals surface area contributed by atoms with E-state index in [-0.39, 0.29) is 23.2 Å². The zero-order chi connectivity index (χ0) is 32.5. The Morgan fingerprint density at radius 1 is 0.915 bits per heavy atom. The summed E-state index contributed by atoms with van der Waals surface area (Å²) >= 11 is 0. The fraction of sp³-hybridized carbons (Fsp3) is 0.278. The Bertz CT molecular complexity index is 2160. The van der Waals surface area contributed by atoms with Crippen molar-refractivity contribution in [2.75, 3.05) is 0 Å². The van der Waals surface area contributed by atoms with Crippen LogP contribution in [0.3, 0.4) is 0 Å². The van der Waals surface area contributed by atoms with Crippen molar-refractivity contribution < 1.29 is 13.4 Å². The van der Waals surface area contributed by atoms with Crippen LogP contribution >= 0.6 is 0 Å². The minimum absolute atomic E-state index is 0.132. The van der Waals surface area contributed by atoms with Crippen LogP contribution in [0.5, 0.6) is 0 Å². The summed E-state index contributed by atoms with van der Waals surface area (Å²) in [6.07, 6.45) is 4.42. The van der Waals surface area contributed by atoms with Crippen molar-refractivity contribution in [3.8, 4) is 22.5 Å². The largest absolute Gasteiger partial charge is 0.439 e. The van der Waals surface area contributed by atoms with E-state index >= 15 is 0 Å². The molecule has 10 nitrogen and oxygen atoms in total. The molecule has 0 aliphatic heterocycles. The van der Waals surface area contributed by atoms with Gasteiger partial charge in [0.05, 0.1) is 18.4 Å². The maximum Gasteiger partial charge on any atom is 0.439 e. The molecular formula is C36H33FN6O4. The summed E-state index contributed by atoms with van der Waals surface area (Å²) in [6, 6.07) is 22.0. The number of hydrogen-bond donors (Lipinski definition) is 1. The Morgan fingerprint density at radius 2 is 1.66 bits per heavy atom. The summed E-state index contributed by atoms with van der Waals surface area (Å²) < 4.78 is 25.7. The fourth-order valence-electron chi connectivity index (χ4n) is 6.12. The lowest BCUT2D eigenvalue weighted by Gasteiger charge is -2.16. The summed E-state index contributed by atoms with van der Waals surface area (Å²) in [5.74, 6) is 1.10. The predicted molar refractivity (Wildman–Crippen MR) is 172 cm³/mol. The third kappa shape index (κ3) is 5.96. The van der Waals surface area contributed by atoms with Crippen molar-refractivity contribution in [2.24, 2.45) is 0 Å². The smallest absolute Gasteiger partial charge is 0.339 e. The van der Waals surface area contributed by atoms with Crippen molar-refractivity contribution in [1.29, 1.82) is 0 Å². The molecule has 1 aliphatic rings. The highest BCUT2D eigenvalue weighted by atomic mass is 19.1. The second-order valence-corrected chi connectivity index (χ2v) is 12.1. The van der Waals surface area contributed by atoms with Crippen LogP contribution in [-0.2, 0) is 24.8 Å². The molecule has 3 aromatic heterocycles. The van der Waals surface area contributed by atoms with E-state index in [0.29, 0.717) is 41.8 Å². The lowest BCUT2D eigenvalue weighted by Crippen LogP contribution is -2.30. The van der Waals surface area contributed by atoms with Gasteiger partial charge in [-0.05, 0) is 60.6 Å². The van der Waals surface area contributed by atoms with Crippen LogP contribution in [0.2, 0.25) is 0 Å². The molecule has 1 N–H and O–H groups in total. The quantitative estimate of drug-likeness (QED) is 0.180. The number of nitrogens with zero attached hydrogens (tertiary/aromatic N) is 5. The molecule has 3 aromatic carbocycles. The molecule has 1 saturated carbocycles. The van der Waals surface area contributed by atoms with Gasteiger partial charge in [0.15, 0.2) is 11.6 Å². The number of aromatic amines is 1. The number of aryl methyl sites for hydroxylation is 2. The van der Waals surface area contributed by atoms with Crippen molar-refractivity contribution in [3.05, 3.63) is 139 Å². The van der Waals surface area contributed by atoms with E-state index in [2.05, 4.69) is 22.2 Å². The number of nitrogens with one attached hydrogen (secondary N) is 1. The number of aromatic nitrogens is 6. The molecule has 47 heavy (non-hydrogen) atoms. The average molecular weight is 633 g/mol. The number of unbranched alkanes of at least 4 members (excludes halogenated alkanes) is 1. The highest BCUT2D eigenvalue weighted by Crippen LogP contribution is 2.52. The summed E-state index contributed by atoms with van der Waals surface area (Å²) in [5, 5.41) is 8.13. The lowest BCUT2D eigenvalue weighted by molar-refractivity contribution is 0.375. The van der Waals surface area contributed by atoms with Gasteiger partial charge >= 0.3 is 5.76 Å². The summed E-state index contributed by atoms with van der Waals surface area (Å²) in [5.41, 5.74) is 5.09. The summed E-state index contributed by atoms with van der Waals surface area (Å²) in [6.45, 7) is 4.31. The molecular weight excluding hydrogens is 599 g/mol. The van der Waals surface area contributed by atoms with Crippen LogP contribution in [0.1, 0.15) is 72.5 Å². The Morgan fingerprint density at radius 3 is 2.34 bits per heavy atom. The second kappa shape index (κ2) is 12.4. The normalized spacial score (nSPS) is 13.6. The molecule has 238 valence electrons. The number of benzene rings is 3. The van der Waals surface area contributed by atoms with E-state index in [1.165, 1.54) is 12.1 Å². The van der Waals surface area contributed by atoms with Crippen molar-refractivity contribution in [1.82, 2.24) is 29.8 Å². The van der Waals surface area contributed by atoms with E-state index in [9.17, 15) is 14.0 Å². The van der Waals surface area contributed by atoms with E-state index in [4.69, 9.17) is 19.0 Å². The van der Waals surface area contributed by atoms with Crippen LogP contribution in [-0.4, -0.2) is 29.8 Å². The molecule has 0 amide bonds. The Balaban J connectivity index is 1.17. The molecule has 1 aliphatic carbocycles. The van der Waals surface area contributed by atoms with Gasteiger partial charge < -0.3 is 4.52 Å². The van der Waals surface area contributed by atoms with E-state index in [1.807, 2.05) is 55.5 Å². The van der Waals surface area contributed by atoms with Crippen LogP contribution in [0.25, 0.3) is 22.5 Å². The molecule has 0 saturated heterocycles. The standard InChI is InChI=1S/C36H33FN6O4/c1-3-4-9-30-38-22(2)29(20-31-39-34(42-46-31)36(18-19-36)25-14-16-26(37)17-15-25)33(44)43(30)21-23-10-12-24(13-11-23)27-7-5-6-8-28(27)32-40-35(45)47-41-32/h5-8,10-17H,3-4,9,18-21H2,1-2H3,(H,40,41,45). The van der Waals surface area contributed by atoms with Crippen LogP contribution in [0.15, 0.2) is 91.4 Å². The third-order valence-corrected chi connectivity index (χ3v) is 8.90. The Hall–Kier alpha value is -5.45. The first-order valence-corrected chi connectivity index (χ1v) is 15.8. The van der Waals surface area contributed by atoms with Crippen LogP contribution in [0.4, 0.5) is 4.39 Å². The monoisotopic (exact) mass is 632 g/mol. The molecule has 0 unspecified atom stereocenters. The predicted octanol–water partition coefficient (Wildman–Crippen LogP) is 6.15. The van der Waals surface area contributed by atoms with Gasteiger partial charge in [-0.3, -0.25) is 18.9 Å². The van der Waals surface area contributed by atoms with Crippen molar-refractivity contribution in [3.63, 3.8) is 0 Å². The molecule has 0 bridgehead atoms. The van der Waals surface area contributed by atoms with E-state index in [1.54, 1.807) is 16.7 Å².